The number of ketones is 1. The van der Waals surface area contributed by atoms with E-state index < -0.39 is 29.4 Å². The maximum absolute atomic E-state index is 14.4. The van der Waals surface area contributed by atoms with Gasteiger partial charge in [0.05, 0.1) is 16.3 Å². The summed E-state index contributed by atoms with van der Waals surface area (Å²) in [5.41, 5.74) is 2.05. The first-order chi connectivity index (χ1) is 16.7. The number of Topliss-reactive ketones (excluding diaryl/α,β-unsaturated/α-hetero) is 1. The smallest absolute Gasteiger partial charge is 0.301 e. The zero-order valence-electron chi connectivity index (χ0n) is 18.5. The molecule has 6 nitrogen and oxygen atoms in total. The topological polar surface area (TPSA) is 90.7 Å². The summed E-state index contributed by atoms with van der Waals surface area (Å²) >= 11 is 0.854. The van der Waals surface area contributed by atoms with Gasteiger partial charge >= 0.3 is 5.91 Å². The van der Waals surface area contributed by atoms with E-state index >= 15 is 0 Å². The number of halogens is 2. The highest BCUT2D eigenvalue weighted by Crippen LogP contribution is 2.45. The quantitative estimate of drug-likeness (QED) is 0.223. The normalized spacial score (nSPS) is 17.5. The van der Waals surface area contributed by atoms with Gasteiger partial charge in [0.15, 0.2) is 10.9 Å². The standard InChI is InChI=1S/C26H18F2N2O4S/c1-12-3-4-13(2)17(9-12)23(32)20-22(14-5-7-16(31)8-6-14)30(25(34)24(20)33)26-29-21-18(28)10-15(27)11-19(21)35-26/h3-11,22,31-32H,1-2H3/b23-20+. The van der Waals surface area contributed by atoms with Crippen molar-refractivity contribution >= 4 is 44.1 Å². The molecule has 176 valence electrons. The number of hydrogen-bond donors (Lipinski definition) is 2. The van der Waals surface area contributed by atoms with Crippen molar-refractivity contribution in [3.05, 3.63) is 94.1 Å². The summed E-state index contributed by atoms with van der Waals surface area (Å²) < 4.78 is 28.3. The minimum atomic E-state index is -1.11. The Morgan fingerprint density at radius 3 is 2.46 bits per heavy atom. The fourth-order valence-electron chi connectivity index (χ4n) is 4.19. The molecule has 4 aromatic rings. The molecule has 1 atom stereocenters. The lowest BCUT2D eigenvalue weighted by molar-refractivity contribution is -0.132. The van der Waals surface area contributed by atoms with Crippen LogP contribution in [0, 0.1) is 25.5 Å². The highest BCUT2D eigenvalue weighted by molar-refractivity contribution is 7.22. The number of aliphatic hydroxyl groups is 1. The summed E-state index contributed by atoms with van der Waals surface area (Å²) in [5, 5.41) is 21.0. The highest BCUT2D eigenvalue weighted by Gasteiger charge is 2.48. The van der Waals surface area contributed by atoms with Crippen molar-refractivity contribution in [1.29, 1.82) is 0 Å². The van der Waals surface area contributed by atoms with Crippen molar-refractivity contribution in [1.82, 2.24) is 4.98 Å². The first kappa shape index (κ1) is 22.7. The van der Waals surface area contributed by atoms with Crippen LogP contribution < -0.4 is 4.90 Å². The second-order valence-corrected chi connectivity index (χ2v) is 9.32. The van der Waals surface area contributed by atoms with Gasteiger partial charge in [-0.2, -0.15) is 0 Å². The summed E-state index contributed by atoms with van der Waals surface area (Å²) in [4.78, 5) is 31.8. The number of benzene rings is 3. The number of aromatic hydroxyl groups is 1. The summed E-state index contributed by atoms with van der Waals surface area (Å²) in [6.07, 6.45) is 0. The third kappa shape index (κ3) is 3.74. The SMILES string of the molecule is Cc1ccc(C)c(/C(O)=C2\C(=O)C(=O)N(c3nc4c(F)cc(F)cc4s3)C2c2ccc(O)cc2)c1. The van der Waals surface area contributed by atoms with Crippen molar-refractivity contribution in [2.24, 2.45) is 0 Å². The molecule has 1 unspecified atom stereocenters. The first-order valence-electron chi connectivity index (χ1n) is 10.6. The van der Waals surface area contributed by atoms with Gasteiger partial charge < -0.3 is 10.2 Å². The molecule has 1 saturated heterocycles. The first-order valence-corrected chi connectivity index (χ1v) is 11.4. The molecule has 9 heteroatoms. The van der Waals surface area contributed by atoms with E-state index in [0.717, 1.165) is 27.9 Å². The van der Waals surface area contributed by atoms with Gasteiger partial charge in [0.25, 0.3) is 5.78 Å². The van der Waals surface area contributed by atoms with Crippen LogP contribution in [0.4, 0.5) is 13.9 Å². The van der Waals surface area contributed by atoms with E-state index in [9.17, 15) is 28.6 Å². The summed E-state index contributed by atoms with van der Waals surface area (Å²) in [7, 11) is 0. The van der Waals surface area contributed by atoms with Crippen LogP contribution in [0.2, 0.25) is 0 Å². The molecule has 1 aliphatic heterocycles. The number of hydrogen-bond acceptors (Lipinski definition) is 6. The third-order valence-electron chi connectivity index (χ3n) is 5.91. The molecule has 0 aliphatic carbocycles. The Balaban J connectivity index is 1.77. The zero-order valence-corrected chi connectivity index (χ0v) is 19.4. The average molecular weight is 493 g/mol. The Morgan fingerprint density at radius 2 is 1.74 bits per heavy atom. The number of phenols is 1. The third-order valence-corrected chi connectivity index (χ3v) is 6.91. The number of carbonyl (C=O) groups is 2. The second kappa shape index (κ2) is 8.28. The van der Waals surface area contributed by atoms with Crippen molar-refractivity contribution in [2.45, 2.75) is 19.9 Å². The van der Waals surface area contributed by atoms with Crippen LogP contribution in [-0.4, -0.2) is 26.9 Å². The van der Waals surface area contributed by atoms with Gasteiger partial charge in [-0.1, -0.05) is 41.2 Å². The van der Waals surface area contributed by atoms with Crippen LogP contribution in [0.5, 0.6) is 5.75 Å². The van der Waals surface area contributed by atoms with Gasteiger partial charge in [0.1, 0.15) is 22.8 Å². The minimum Gasteiger partial charge on any atom is -0.508 e. The molecule has 2 N–H and O–H groups in total. The lowest BCUT2D eigenvalue weighted by Gasteiger charge is -2.23. The van der Waals surface area contributed by atoms with Crippen molar-refractivity contribution in [3.8, 4) is 5.75 Å². The monoisotopic (exact) mass is 492 g/mol. The average Bonchev–Trinajstić information content (AvgIpc) is 3.34. The van der Waals surface area contributed by atoms with E-state index in [1.165, 1.54) is 24.3 Å². The Hall–Kier alpha value is -4.11. The van der Waals surface area contributed by atoms with Gasteiger partial charge in [-0.05, 0) is 49.2 Å². The molecule has 0 saturated carbocycles. The highest BCUT2D eigenvalue weighted by atomic mass is 32.1. The van der Waals surface area contributed by atoms with Gasteiger partial charge in [-0.15, -0.1) is 0 Å². The number of aliphatic hydroxyl groups excluding tert-OH is 1. The molecule has 0 radical (unpaired) electrons. The molecule has 0 bridgehead atoms. The summed E-state index contributed by atoms with van der Waals surface area (Å²) in [6.45, 7) is 3.60. The van der Waals surface area contributed by atoms with Crippen molar-refractivity contribution < 1.29 is 28.6 Å². The van der Waals surface area contributed by atoms with E-state index in [1.54, 1.807) is 19.1 Å². The number of nitrogens with zero attached hydrogens (tertiary/aromatic N) is 2. The number of rotatable bonds is 3. The summed E-state index contributed by atoms with van der Waals surface area (Å²) in [6, 6.07) is 11.9. The maximum Gasteiger partial charge on any atom is 0.301 e. The van der Waals surface area contributed by atoms with Crippen LogP contribution in [0.3, 0.4) is 0 Å². The number of anilines is 1. The Morgan fingerprint density at radius 1 is 1.03 bits per heavy atom. The van der Waals surface area contributed by atoms with E-state index in [0.29, 0.717) is 22.8 Å². The second-order valence-electron chi connectivity index (χ2n) is 8.31. The number of phenolic OH excluding ortho intramolecular Hbond substituents is 1. The fourth-order valence-corrected chi connectivity index (χ4v) is 5.22. The zero-order chi connectivity index (χ0) is 25.0. The van der Waals surface area contributed by atoms with E-state index in [-0.39, 0.29) is 32.4 Å². The molecule has 2 heterocycles. The number of aryl methyl sites for hydroxylation is 2. The van der Waals surface area contributed by atoms with E-state index in [4.69, 9.17) is 0 Å². The van der Waals surface area contributed by atoms with E-state index in [1.807, 2.05) is 13.0 Å². The number of fused-ring (bicyclic) bond motifs is 1. The molecule has 35 heavy (non-hydrogen) atoms. The summed E-state index contributed by atoms with van der Waals surface area (Å²) in [5.74, 6) is -3.98. The molecule has 3 aromatic carbocycles. The number of aromatic nitrogens is 1. The molecular formula is C26H18F2N2O4S. The molecule has 1 fully saturated rings. The molecule has 1 amide bonds. The predicted octanol–water partition coefficient (Wildman–Crippen LogP) is 5.52. The minimum absolute atomic E-state index is 0.0234. The maximum atomic E-state index is 14.4. The largest absolute Gasteiger partial charge is 0.508 e. The van der Waals surface area contributed by atoms with Gasteiger partial charge in [-0.3, -0.25) is 14.5 Å². The number of carbonyl (C=O) groups excluding carboxylic acids is 2. The lowest BCUT2D eigenvalue weighted by Crippen LogP contribution is -2.29. The molecule has 1 aliphatic rings. The molecular weight excluding hydrogens is 474 g/mol. The molecule has 1 aromatic heterocycles. The van der Waals surface area contributed by atoms with Gasteiger partial charge in [-0.25, -0.2) is 13.8 Å². The number of amides is 1. The van der Waals surface area contributed by atoms with Crippen LogP contribution in [0.1, 0.15) is 28.3 Å². The predicted molar refractivity (Wildman–Crippen MR) is 128 cm³/mol. The Bertz CT molecular complexity index is 1560. The Labute approximate surface area is 202 Å². The van der Waals surface area contributed by atoms with Crippen LogP contribution in [0.25, 0.3) is 16.0 Å². The van der Waals surface area contributed by atoms with Crippen molar-refractivity contribution in [2.75, 3.05) is 4.90 Å². The van der Waals surface area contributed by atoms with Crippen LogP contribution >= 0.6 is 11.3 Å². The fraction of sp³-hybridized carbons (Fsp3) is 0.115. The van der Waals surface area contributed by atoms with Gasteiger partial charge in [0.2, 0.25) is 0 Å². The van der Waals surface area contributed by atoms with E-state index in [2.05, 4.69) is 4.98 Å². The molecule has 5 rings (SSSR count). The van der Waals surface area contributed by atoms with Crippen LogP contribution in [-0.2, 0) is 9.59 Å². The lowest BCUT2D eigenvalue weighted by atomic mass is 9.93. The van der Waals surface area contributed by atoms with Gasteiger partial charge in [0, 0.05) is 11.6 Å². The molecule has 0 spiro atoms. The van der Waals surface area contributed by atoms with Crippen LogP contribution in [0.15, 0.2) is 60.2 Å². The number of thiazole rings is 1. The Kier molecular flexibility index (Phi) is 5.36. The van der Waals surface area contributed by atoms with Crippen molar-refractivity contribution in [3.63, 3.8) is 0 Å².